The molecule has 0 spiro atoms. The van der Waals surface area contributed by atoms with Gasteiger partial charge in [0.25, 0.3) is 0 Å². The standard InChI is InChI=1S/C23H29N3O3S/c1-18-6-8-21(9-7-18)24-12-4-13-25(16-15-24)30(28,29)22-10-11-23-20(17-22)5-3-14-26(23)19(2)27/h6-11,17H,3-5,12-16H2,1-2H3. The van der Waals surface area contributed by atoms with Crippen LogP contribution in [0.5, 0.6) is 0 Å². The Kier molecular flexibility index (Phi) is 5.84. The molecule has 1 amide bonds. The quantitative estimate of drug-likeness (QED) is 0.755. The third-order valence-corrected chi connectivity index (χ3v) is 7.94. The Morgan fingerprint density at radius 3 is 2.40 bits per heavy atom. The van der Waals surface area contributed by atoms with E-state index >= 15 is 0 Å². The first-order valence-corrected chi connectivity index (χ1v) is 12.0. The minimum absolute atomic E-state index is 0.00438. The van der Waals surface area contributed by atoms with E-state index in [1.54, 1.807) is 34.3 Å². The van der Waals surface area contributed by atoms with Crippen LogP contribution < -0.4 is 9.80 Å². The smallest absolute Gasteiger partial charge is 0.243 e. The minimum atomic E-state index is -3.57. The molecule has 0 aromatic heterocycles. The normalized spacial score (nSPS) is 18.1. The number of sulfonamides is 1. The molecule has 7 heteroatoms. The van der Waals surface area contributed by atoms with E-state index < -0.39 is 10.0 Å². The van der Waals surface area contributed by atoms with Gasteiger partial charge in [-0.25, -0.2) is 8.42 Å². The molecular formula is C23H29N3O3S. The Balaban J connectivity index is 1.54. The molecule has 2 aliphatic rings. The highest BCUT2D eigenvalue weighted by Gasteiger charge is 2.29. The number of nitrogens with zero attached hydrogens (tertiary/aromatic N) is 3. The summed E-state index contributed by atoms with van der Waals surface area (Å²) in [4.78, 5) is 16.2. The summed E-state index contributed by atoms with van der Waals surface area (Å²) in [5.41, 5.74) is 4.13. The number of fused-ring (bicyclic) bond motifs is 1. The van der Waals surface area contributed by atoms with Gasteiger partial charge >= 0.3 is 0 Å². The topological polar surface area (TPSA) is 60.9 Å². The molecular weight excluding hydrogens is 398 g/mol. The maximum atomic E-state index is 13.4. The molecule has 1 saturated heterocycles. The molecule has 6 nitrogen and oxygen atoms in total. The number of hydrogen-bond acceptors (Lipinski definition) is 4. The summed E-state index contributed by atoms with van der Waals surface area (Å²) < 4.78 is 28.3. The highest BCUT2D eigenvalue weighted by molar-refractivity contribution is 7.89. The fraction of sp³-hybridized carbons (Fsp3) is 0.435. The molecule has 2 aromatic rings. The molecule has 0 unspecified atom stereocenters. The Morgan fingerprint density at radius 2 is 1.67 bits per heavy atom. The van der Waals surface area contributed by atoms with E-state index in [9.17, 15) is 13.2 Å². The van der Waals surface area contributed by atoms with Crippen LogP contribution in [0.15, 0.2) is 47.4 Å². The minimum Gasteiger partial charge on any atom is -0.370 e. The van der Waals surface area contributed by atoms with Crippen molar-refractivity contribution in [1.82, 2.24) is 4.31 Å². The second-order valence-corrected chi connectivity index (χ2v) is 10.1. The molecule has 0 bridgehead atoms. The van der Waals surface area contributed by atoms with Crippen molar-refractivity contribution in [3.8, 4) is 0 Å². The van der Waals surface area contributed by atoms with Gasteiger partial charge in [0.05, 0.1) is 4.90 Å². The Bertz CT molecular complexity index is 1030. The summed E-state index contributed by atoms with van der Waals surface area (Å²) >= 11 is 0. The van der Waals surface area contributed by atoms with Gasteiger partial charge in [0.1, 0.15) is 0 Å². The first-order chi connectivity index (χ1) is 14.4. The third-order valence-electron chi connectivity index (χ3n) is 6.04. The lowest BCUT2D eigenvalue weighted by Crippen LogP contribution is -2.36. The number of rotatable bonds is 3. The summed E-state index contributed by atoms with van der Waals surface area (Å²) in [5.74, 6) is -0.00438. The van der Waals surface area contributed by atoms with E-state index in [-0.39, 0.29) is 5.91 Å². The lowest BCUT2D eigenvalue weighted by molar-refractivity contribution is -0.116. The average molecular weight is 428 g/mol. The molecule has 1 fully saturated rings. The summed E-state index contributed by atoms with van der Waals surface area (Å²) in [6.07, 6.45) is 2.44. The van der Waals surface area contributed by atoms with E-state index in [0.717, 1.165) is 42.7 Å². The van der Waals surface area contributed by atoms with Crippen molar-refractivity contribution in [3.63, 3.8) is 0 Å². The lowest BCUT2D eigenvalue weighted by Gasteiger charge is -2.29. The van der Waals surface area contributed by atoms with Gasteiger partial charge in [-0.15, -0.1) is 0 Å². The summed E-state index contributed by atoms with van der Waals surface area (Å²) in [7, 11) is -3.57. The van der Waals surface area contributed by atoms with Crippen LogP contribution in [0.2, 0.25) is 0 Å². The molecule has 0 aliphatic carbocycles. The molecule has 30 heavy (non-hydrogen) atoms. The van der Waals surface area contributed by atoms with Crippen LogP contribution in [0.25, 0.3) is 0 Å². The van der Waals surface area contributed by atoms with Crippen LogP contribution in [0.4, 0.5) is 11.4 Å². The van der Waals surface area contributed by atoms with E-state index in [2.05, 4.69) is 36.1 Å². The van der Waals surface area contributed by atoms with Crippen molar-refractivity contribution in [3.05, 3.63) is 53.6 Å². The van der Waals surface area contributed by atoms with Crippen molar-refractivity contribution >= 4 is 27.3 Å². The molecule has 0 atom stereocenters. The molecule has 2 aliphatic heterocycles. The van der Waals surface area contributed by atoms with Crippen molar-refractivity contribution in [1.29, 1.82) is 0 Å². The number of carbonyl (C=O) groups excluding carboxylic acids is 1. The van der Waals surface area contributed by atoms with E-state index in [4.69, 9.17) is 0 Å². The van der Waals surface area contributed by atoms with Gasteiger partial charge in [0.2, 0.25) is 15.9 Å². The van der Waals surface area contributed by atoms with E-state index in [1.165, 1.54) is 5.56 Å². The van der Waals surface area contributed by atoms with Crippen LogP contribution in [0.1, 0.15) is 30.9 Å². The van der Waals surface area contributed by atoms with Crippen LogP contribution in [-0.4, -0.2) is 51.4 Å². The Hall–Kier alpha value is -2.38. The molecule has 2 heterocycles. The van der Waals surface area contributed by atoms with Gasteiger partial charge in [0, 0.05) is 51.0 Å². The number of anilines is 2. The van der Waals surface area contributed by atoms with Crippen LogP contribution in [0, 0.1) is 6.92 Å². The van der Waals surface area contributed by atoms with E-state index in [0.29, 0.717) is 31.1 Å². The van der Waals surface area contributed by atoms with Gasteiger partial charge < -0.3 is 9.80 Å². The highest BCUT2D eigenvalue weighted by atomic mass is 32.2. The molecule has 2 aromatic carbocycles. The zero-order chi connectivity index (χ0) is 21.3. The molecule has 0 saturated carbocycles. The number of amides is 1. The Labute approximate surface area is 179 Å². The Morgan fingerprint density at radius 1 is 0.900 bits per heavy atom. The fourth-order valence-corrected chi connectivity index (χ4v) is 5.88. The highest BCUT2D eigenvalue weighted by Crippen LogP contribution is 2.31. The van der Waals surface area contributed by atoms with Gasteiger partial charge in [-0.2, -0.15) is 4.31 Å². The van der Waals surface area contributed by atoms with Crippen molar-refractivity contribution in [2.45, 2.75) is 38.0 Å². The maximum Gasteiger partial charge on any atom is 0.243 e. The van der Waals surface area contributed by atoms with Crippen LogP contribution in [0.3, 0.4) is 0 Å². The first-order valence-electron chi connectivity index (χ1n) is 10.6. The third kappa shape index (κ3) is 4.09. The van der Waals surface area contributed by atoms with Crippen molar-refractivity contribution < 1.29 is 13.2 Å². The predicted molar refractivity (Wildman–Crippen MR) is 120 cm³/mol. The van der Waals surface area contributed by atoms with Gasteiger partial charge in [-0.1, -0.05) is 17.7 Å². The van der Waals surface area contributed by atoms with Crippen molar-refractivity contribution in [2.75, 3.05) is 42.5 Å². The molecule has 0 N–H and O–H groups in total. The number of hydrogen-bond donors (Lipinski definition) is 0. The average Bonchev–Trinajstić information content (AvgIpc) is 3.00. The summed E-state index contributed by atoms with van der Waals surface area (Å²) in [6.45, 7) is 6.80. The summed E-state index contributed by atoms with van der Waals surface area (Å²) in [5, 5.41) is 0. The lowest BCUT2D eigenvalue weighted by atomic mass is 10.0. The number of carbonyl (C=O) groups is 1. The second-order valence-electron chi connectivity index (χ2n) is 8.14. The molecule has 4 rings (SSSR count). The largest absolute Gasteiger partial charge is 0.370 e. The second kappa shape index (κ2) is 8.40. The summed E-state index contributed by atoms with van der Waals surface area (Å²) in [6, 6.07) is 13.6. The van der Waals surface area contributed by atoms with Crippen molar-refractivity contribution in [2.24, 2.45) is 0 Å². The molecule has 0 radical (unpaired) electrons. The number of benzene rings is 2. The predicted octanol–water partition coefficient (Wildman–Crippen LogP) is 3.20. The monoisotopic (exact) mass is 427 g/mol. The van der Waals surface area contributed by atoms with Gasteiger partial charge in [0.15, 0.2) is 0 Å². The fourth-order valence-electron chi connectivity index (χ4n) is 4.36. The molecule has 160 valence electrons. The van der Waals surface area contributed by atoms with Gasteiger partial charge in [-0.05, 0) is 62.1 Å². The first kappa shape index (κ1) is 20.9. The van der Waals surface area contributed by atoms with Crippen LogP contribution in [-0.2, 0) is 21.2 Å². The maximum absolute atomic E-state index is 13.4. The SMILES string of the molecule is CC(=O)N1CCCc2cc(S(=O)(=O)N3CCCN(c4ccc(C)cc4)CC3)ccc21. The number of aryl methyl sites for hydroxylation is 2. The zero-order valence-corrected chi connectivity index (χ0v) is 18.5. The van der Waals surface area contributed by atoms with Gasteiger partial charge in [-0.3, -0.25) is 4.79 Å². The van der Waals surface area contributed by atoms with E-state index in [1.807, 2.05) is 0 Å². The zero-order valence-electron chi connectivity index (χ0n) is 17.7. The van der Waals surface area contributed by atoms with Crippen LogP contribution >= 0.6 is 0 Å².